The summed E-state index contributed by atoms with van der Waals surface area (Å²) in [5.74, 6) is -0.456. The van der Waals surface area contributed by atoms with Crippen LogP contribution in [0.15, 0.2) is 23.8 Å². The fourth-order valence-corrected chi connectivity index (χ4v) is 2.76. The summed E-state index contributed by atoms with van der Waals surface area (Å²) in [5.41, 5.74) is 2.45. The maximum atomic E-state index is 11.8. The number of hydrogen-bond acceptors (Lipinski definition) is 4. The molecule has 0 aliphatic carbocycles. The molecule has 8 heteroatoms. The molecular weight excluding hydrogens is 353 g/mol. The van der Waals surface area contributed by atoms with Gasteiger partial charge in [0.2, 0.25) is 0 Å². The first kappa shape index (κ1) is 18.3. The Bertz CT molecular complexity index is 676. The van der Waals surface area contributed by atoms with Gasteiger partial charge in [-0.1, -0.05) is 6.07 Å². The first-order valence-electron chi connectivity index (χ1n) is 7.32. The number of carbonyl (C=O) groups excluding carboxylic acids is 3. The average molecular weight is 370 g/mol. The number of nitrogens with zero attached hydrogens (tertiary/aromatic N) is 1. The summed E-state index contributed by atoms with van der Waals surface area (Å²) in [6, 6.07) is 4.81. The van der Waals surface area contributed by atoms with E-state index in [-0.39, 0.29) is 5.57 Å². The van der Waals surface area contributed by atoms with Crippen LogP contribution in [-0.4, -0.2) is 42.7 Å². The van der Waals surface area contributed by atoms with E-state index in [1.54, 1.807) is 0 Å². The zero-order chi connectivity index (χ0) is 17.7. The van der Waals surface area contributed by atoms with Crippen LogP contribution < -0.4 is 15.5 Å². The number of carbonyl (C=O) groups is 3. The van der Waals surface area contributed by atoms with Gasteiger partial charge in [0.15, 0.2) is 0 Å². The molecular formula is C16H17Cl2N3O3. The Labute approximate surface area is 149 Å². The largest absolute Gasteiger partial charge is 0.369 e. The van der Waals surface area contributed by atoms with Crippen molar-refractivity contribution in [1.29, 1.82) is 0 Å². The van der Waals surface area contributed by atoms with Crippen molar-refractivity contribution in [1.82, 2.24) is 10.6 Å². The second-order valence-electron chi connectivity index (χ2n) is 5.20. The predicted molar refractivity (Wildman–Crippen MR) is 94.5 cm³/mol. The number of imide groups is 2. The summed E-state index contributed by atoms with van der Waals surface area (Å²) in [6.07, 6.45) is 1.46. The molecule has 1 aliphatic heterocycles. The van der Waals surface area contributed by atoms with Gasteiger partial charge in [0, 0.05) is 30.5 Å². The van der Waals surface area contributed by atoms with Crippen LogP contribution in [0.3, 0.4) is 0 Å². The van der Waals surface area contributed by atoms with Gasteiger partial charge in [-0.3, -0.25) is 20.2 Å². The second-order valence-corrected chi connectivity index (χ2v) is 5.96. The van der Waals surface area contributed by atoms with E-state index in [4.69, 9.17) is 23.2 Å². The van der Waals surface area contributed by atoms with E-state index >= 15 is 0 Å². The van der Waals surface area contributed by atoms with Crippen LogP contribution in [0.1, 0.15) is 11.1 Å². The number of hydrogen-bond donors (Lipinski definition) is 2. The smallest absolute Gasteiger partial charge is 0.328 e. The van der Waals surface area contributed by atoms with E-state index in [2.05, 4.69) is 4.90 Å². The Kier molecular flexibility index (Phi) is 6.23. The summed E-state index contributed by atoms with van der Waals surface area (Å²) >= 11 is 11.6. The van der Waals surface area contributed by atoms with Crippen molar-refractivity contribution in [2.24, 2.45) is 0 Å². The van der Waals surface area contributed by atoms with Crippen molar-refractivity contribution in [3.8, 4) is 0 Å². The Morgan fingerprint density at radius 1 is 1.04 bits per heavy atom. The van der Waals surface area contributed by atoms with Gasteiger partial charge in [0.25, 0.3) is 11.8 Å². The SMILES string of the molecule is Cc1cc(N(CCCl)CCCl)ccc1C=C1C(=O)NC(=O)NC1=O. The Hall–Kier alpha value is -2.05. The van der Waals surface area contributed by atoms with E-state index in [0.717, 1.165) is 11.3 Å². The zero-order valence-electron chi connectivity index (χ0n) is 13.1. The number of amides is 4. The first-order valence-corrected chi connectivity index (χ1v) is 8.39. The lowest BCUT2D eigenvalue weighted by atomic mass is 10.0. The topological polar surface area (TPSA) is 78.5 Å². The number of alkyl halides is 2. The molecule has 24 heavy (non-hydrogen) atoms. The number of urea groups is 1. The standard InChI is InChI=1S/C16H17Cl2N3O3/c1-10-8-12(21(6-4-17)7-5-18)3-2-11(10)9-13-14(22)19-16(24)20-15(13)23/h2-3,8-9H,4-7H2,1H3,(H2,19,20,22,23,24). The second kappa shape index (κ2) is 8.17. The molecule has 0 spiro atoms. The minimum absolute atomic E-state index is 0.108. The van der Waals surface area contributed by atoms with Crippen LogP contribution in [0.2, 0.25) is 0 Å². The summed E-state index contributed by atoms with van der Waals surface area (Å²) < 4.78 is 0. The highest BCUT2D eigenvalue weighted by atomic mass is 35.5. The van der Waals surface area contributed by atoms with Gasteiger partial charge in [0.05, 0.1) is 0 Å². The van der Waals surface area contributed by atoms with Crippen LogP contribution in [0, 0.1) is 6.92 Å². The van der Waals surface area contributed by atoms with Crippen molar-refractivity contribution in [3.63, 3.8) is 0 Å². The molecule has 0 bridgehead atoms. The fraction of sp³-hybridized carbons (Fsp3) is 0.312. The normalized spacial score (nSPS) is 14.3. The van der Waals surface area contributed by atoms with Gasteiger partial charge < -0.3 is 4.90 Å². The Balaban J connectivity index is 2.29. The van der Waals surface area contributed by atoms with Crippen molar-refractivity contribution in [2.75, 3.05) is 29.7 Å². The predicted octanol–water partition coefficient (Wildman–Crippen LogP) is 2.03. The first-order chi connectivity index (χ1) is 11.5. The molecule has 1 aromatic carbocycles. The van der Waals surface area contributed by atoms with E-state index in [0.29, 0.717) is 30.4 Å². The van der Waals surface area contributed by atoms with Crippen molar-refractivity contribution in [2.45, 2.75) is 6.92 Å². The van der Waals surface area contributed by atoms with E-state index < -0.39 is 17.8 Å². The van der Waals surface area contributed by atoms with Crippen LogP contribution >= 0.6 is 23.2 Å². The lowest BCUT2D eigenvalue weighted by Crippen LogP contribution is -2.51. The molecule has 0 aromatic heterocycles. The number of barbiturate groups is 1. The third-order valence-corrected chi connectivity index (χ3v) is 3.91. The molecule has 0 radical (unpaired) electrons. The maximum absolute atomic E-state index is 11.8. The number of aryl methyl sites for hydroxylation is 1. The van der Waals surface area contributed by atoms with Gasteiger partial charge >= 0.3 is 6.03 Å². The van der Waals surface area contributed by atoms with E-state index in [1.165, 1.54) is 6.08 Å². The summed E-state index contributed by atoms with van der Waals surface area (Å²) in [5, 5.41) is 4.09. The summed E-state index contributed by atoms with van der Waals surface area (Å²) in [4.78, 5) is 36.7. The fourth-order valence-electron chi connectivity index (χ4n) is 2.35. The minimum atomic E-state index is -0.813. The van der Waals surface area contributed by atoms with E-state index in [1.807, 2.05) is 35.8 Å². The summed E-state index contributed by atoms with van der Waals surface area (Å²) in [6.45, 7) is 3.21. The molecule has 1 aromatic rings. The molecule has 1 fully saturated rings. The Morgan fingerprint density at radius 2 is 1.62 bits per heavy atom. The van der Waals surface area contributed by atoms with Crippen molar-refractivity contribution in [3.05, 3.63) is 34.9 Å². The molecule has 2 N–H and O–H groups in total. The molecule has 6 nitrogen and oxygen atoms in total. The minimum Gasteiger partial charge on any atom is -0.369 e. The van der Waals surface area contributed by atoms with Crippen LogP contribution in [-0.2, 0) is 9.59 Å². The quantitative estimate of drug-likeness (QED) is 0.456. The molecule has 0 unspecified atom stereocenters. The molecule has 1 heterocycles. The molecule has 0 saturated carbocycles. The number of nitrogens with one attached hydrogen (secondary N) is 2. The monoisotopic (exact) mass is 369 g/mol. The van der Waals surface area contributed by atoms with Gasteiger partial charge in [-0.05, 0) is 36.3 Å². The van der Waals surface area contributed by atoms with E-state index in [9.17, 15) is 14.4 Å². The third kappa shape index (κ3) is 4.27. The molecule has 1 saturated heterocycles. The van der Waals surface area contributed by atoms with Crippen LogP contribution in [0.5, 0.6) is 0 Å². The van der Waals surface area contributed by atoms with Crippen molar-refractivity contribution >= 4 is 52.8 Å². The highest BCUT2D eigenvalue weighted by Crippen LogP contribution is 2.22. The lowest BCUT2D eigenvalue weighted by molar-refractivity contribution is -0.123. The molecule has 0 atom stereocenters. The van der Waals surface area contributed by atoms with Gasteiger partial charge in [-0.15, -0.1) is 23.2 Å². The van der Waals surface area contributed by atoms with Crippen LogP contribution in [0.25, 0.3) is 6.08 Å². The van der Waals surface area contributed by atoms with Gasteiger partial charge in [-0.2, -0.15) is 0 Å². The highest BCUT2D eigenvalue weighted by molar-refractivity contribution is 6.31. The number of halogens is 2. The molecule has 4 amide bonds. The molecule has 2 rings (SSSR count). The summed E-state index contributed by atoms with van der Waals surface area (Å²) in [7, 11) is 0. The maximum Gasteiger partial charge on any atom is 0.328 e. The molecule has 1 aliphatic rings. The lowest BCUT2D eigenvalue weighted by Gasteiger charge is -2.23. The number of anilines is 1. The molecule has 128 valence electrons. The van der Waals surface area contributed by atoms with Gasteiger partial charge in [0.1, 0.15) is 5.57 Å². The average Bonchev–Trinajstić information content (AvgIpc) is 2.51. The highest BCUT2D eigenvalue weighted by Gasteiger charge is 2.27. The zero-order valence-corrected chi connectivity index (χ0v) is 14.6. The number of benzene rings is 1. The van der Waals surface area contributed by atoms with Crippen LogP contribution in [0.4, 0.5) is 10.5 Å². The Morgan fingerprint density at radius 3 is 2.12 bits per heavy atom. The number of rotatable bonds is 6. The van der Waals surface area contributed by atoms with Gasteiger partial charge in [-0.25, -0.2) is 4.79 Å². The third-order valence-electron chi connectivity index (χ3n) is 3.57. The van der Waals surface area contributed by atoms with Crippen molar-refractivity contribution < 1.29 is 14.4 Å².